The molecule has 1 fully saturated rings. The van der Waals surface area contributed by atoms with E-state index < -0.39 is 11.5 Å². The molecule has 5 rings (SSSR count). The first kappa shape index (κ1) is 30.2. The number of allylic oxidation sites excluding steroid dienone is 8. The summed E-state index contributed by atoms with van der Waals surface area (Å²) < 4.78 is 11.7. The zero-order chi connectivity index (χ0) is 26.5. The molecule has 0 amide bonds. The maximum Gasteiger partial charge on any atom is 2.00 e. The van der Waals surface area contributed by atoms with E-state index in [2.05, 4.69) is 27.2 Å². The van der Waals surface area contributed by atoms with Crippen LogP contribution < -0.4 is 15.1 Å². The average molecular weight is 561 g/mol. The fourth-order valence-corrected chi connectivity index (χ4v) is 3.37. The molecular weight excluding hydrogens is 534 g/mol. The van der Waals surface area contributed by atoms with Crippen LogP contribution in [-0.4, -0.2) is 48.8 Å². The van der Waals surface area contributed by atoms with E-state index in [0.29, 0.717) is 0 Å². The second-order valence-corrected chi connectivity index (χ2v) is 7.74. The van der Waals surface area contributed by atoms with Crippen molar-refractivity contribution < 1.29 is 41.1 Å². The van der Waals surface area contributed by atoms with Crippen LogP contribution in [0.4, 0.5) is 0 Å². The summed E-state index contributed by atoms with van der Waals surface area (Å²) in [5.41, 5.74) is 4.75. The first-order valence-corrected chi connectivity index (χ1v) is 11.6. The zero-order valence-corrected chi connectivity index (χ0v) is 21.9. The van der Waals surface area contributed by atoms with Gasteiger partial charge in [-0.3, -0.25) is 4.79 Å². The van der Waals surface area contributed by atoms with Crippen molar-refractivity contribution in [2.24, 2.45) is 5.10 Å². The quantitative estimate of drug-likeness (QED) is 0.185. The van der Waals surface area contributed by atoms with Gasteiger partial charge in [0.15, 0.2) is 5.78 Å². The van der Waals surface area contributed by atoms with Gasteiger partial charge < -0.3 is 24.5 Å². The number of Topliss-reactive ketones (excluding diaryl/α,β-unsaturated/α-hetero) is 1. The van der Waals surface area contributed by atoms with Gasteiger partial charge in [-0.25, -0.2) is 0 Å². The molecule has 0 bridgehead atoms. The van der Waals surface area contributed by atoms with Crippen molar-refractivity contribution in [3.05, 3.63) is 102 Å². The van der Waals surface area contributed by atoms with Crippen molar-refractivity contribution in [3.8, 4) is 6.07 Å². The Labute approximate surface area is 232 Å². The Morgan fingerprint density at radius 3 is 1.87 bits per heavy atom. The van der Waals surface area contributed by atoms with Crippen molar-refractivity contribution >= 4 is 23.3 Å². The number of carbonyl (C=O) groups excluding carboxylic acids is 1. The molecule has 2 aromatic rings. The molecular formula is C28H27CuN5O4. The van der Waals surface area contributed by atoms with E-state index in [1.165, 1.54) is 19.9 Å². The summed E-state index contributed by atoms with van der Waals surface area (Å²) >= 11 is 0. The second kappa shape index (κ2) is 16.0. The molecule has 0 atom stereocenters. The van der Waals surface area contributed by atoms with Crippen LogP contribution >= 0.6 is 0 Å². The summed E-state index contributed by atoms with van der Waals surface area (Å²) in [6, 6.07) is 9.41. The van der Waals surface area contributed by atoms with Crippen molar-refractivity contribution in [2.75, 3.05) is 26.4 Å². The van der Waals surface area contributed by atoms with Gasteiger partial charge in [0.25, 0.3) is 0 Å². The molecule has 3 aliphatic rings. The fraction of sp³-hybridized carbons (Fsp3) is 0.214. The van der Waals surface area contributed by atoms with Gasteiger partial charge in [0.2, 0.25) is 11.9 Å². The Hall–Kier alpha value is -4.00. The summed E-state index contributed by atoms with van der Waals surface area (Å²) in [6.07, 6.45) is 17.5. The van der Waals surface area contributed by atoms with Gasteiger partial charge in [0, 0.05) is 18.2 Å². The first-order valence-electron chi connectivity index (χ1n) is 11.6. The molecule has 2 aromatic heterocycles. The standard InChI is InChI=1S/C18H13N4.C6H7NO2.C4H8O2.Cu/c1-4-16(19-10-1)18(17-5-2-11-20-17)14-6-8-15(9-7-14)22-13-3-12-21-22;1-4(8)6(3-7)5(2)9;1-2-6-4-3-5-1;/h1-13H;8H,1-2H3;1-4H2;/q-1;;;+2/p-1/b;6-4-;;. The molecule has 1 radical (unpaired) electrons. The van der Waals surface area contributed by atoms with E-state index >= 15 is 0 Å². The SMILES string of the molecule is C1=C[N+](=C2C=CC(=C(c3ccc[n-]3)c3ccc[n-]3)C=C2)N=C1.C1COCCO1.CC(=O)/C(C#N)=C(/C)[O-].[Cu+2]. The molecule has 0 spiro atoms. The third-order valence-electron chi connectivity index (χ3n) is 5.10. The van der Waals surface area contributed by atoms with Crippen molar-refractivity contribution in [2.45, 2.75) is 13.8 Å². The van der Waals surface area contributed by atoms with E-state index in [0.717, 1.165) is 54.7 Å². The average Bonchev–Trinajstić information content (AvgIpc) is 3.71. The Balaban J connectivity index is 0.000000263. The molecule has 0 N–H and O–H groups in total. The predicted octanol–water partition coefficient (Wildman–Crippen LogP) is 2.26. The minimum atomic E-state index is -0.468. The van der Waals surface area contributed by atoms with Gasteiger partial charge in [0.1, 0.15) is 12.3 Å². The number of ketones is 1. The first-order chi connectivity index (χ1) is 18.0. The second-order valence-electron chi connectivity index (χ2n) is 7.74. The van der Waals surface area contributed by atoms with E-state index in [-0.39, 0.29) is 22.6 Å². The van der Waals surface area contributed by atoms with E-state index in [1.807, 2.05) is 53.4 Å². The number of hydrogen-bond acceptors (Lipinski definition) is 6. The number of nitrogens with zero attached hydrogens (tertiary/aromatic N) is 5. The van der Waals surface area contributed by atoms with Gasteiger partial charge in [-0.15, -0.1) is 17.1 Å². The number of carbonyl (C=O) groups is 1. The van der Waals surface area contributed by atoms with Crippen LogP contribution in [0.3, 0.4) is 0 Å². The minimum absolute atomic E-state index is 0. The number of hydrogen-bond donors (Lipinski definition) is 0. The minimum Gasteiger partial charge on any atom is -0.875 e. The number of rotatable bonds is 3. The Bertz CT molecular complexity index is 1230. The summed E-state index contributed by atoms with van der Waals surface area (Å²) in [4.78, 5) is 19.2. The van der Waals surface area contributed by atoms with Gasteiger partial charge in [-0.1, -0.05) is 35.9 Å². The zero-order valence-electron chi connectivity index (χ0n) is 21.0. The summed E-state index contributed by atoms with van der Waals surface area (Å²) in [6.45, 7) is 5.50. The predicted molar refractivity (Wildman–Crippen MR) is 137 cm³/mol. The number of nitriles is 1. The molecule has 4 heterocycles. The molecule has 38 heavy (non-hydrogen) atoms. The maximum atomic E-state index is 10.3. The van der Waals surface area contributed by atoms with Gasteiger partial charge in [0.05, 0.1) is 32.0 Å². The smallest absolute Gasteiger partial charge is 0.875 e. The molecule has 10 heteroatoms. The van der Waals surface area contributed by atoms with E-state index in [9.17, 15) is 9.90 Å². The number of hydrazone groups is 1. The molecule has 0 saturated carbocycles. The summed E-state index contributed by atoms with van der Waals surface area (Å²) in [5.74, 6) is -0.935. The molecule has 0 unspecified atom stereocenters. The third kappa shape index (κ3) is 8.83. The van der Waals surface area contributed by atoms with Gasteiger partial charge in [-0.05, 0) is 35.3 Å². The van der Waals surface area contributed by atoms with Crippen molar-refractivity contribution in [1.29, 1.82) is 5.26 Å². The topological polar surface area (TPSA) is 126 Å². The molecule has 9 nitrogen and oxygen atoms in total. The van der Waals surface area contributed by atoms with E-state index in [1.54, 1.807) is 18.6 Å². The molecule has 2 aliphatic heterocycles. The number of ether oxygens (including phenoxy) is 2. The van der Waals surface area contributed by atoms with Crippen LogP contribution in [0, 0.1) is 11.3 Å². The van der Waals surface area contributed by atoms with Gasteiger partial charge in [-0.2, -0.15) is 17.7 Å². The molecule has 1 aliphatic carbocycles. The van der Waals surface area contributed by atoms with Crippen molar-refractivity contribution in [1.82, 2.24) is 9.97 Å². The summed E-state index contributed by atoms with van der Waals surface area (Å²) in [5, 5.41) is 22.7. The molecule has 0 aromatic carbocycles. The van der Waals surface area contributed by atoms with E-state index in [4.69, 9.17) is 14.7 Å². The van der Waals surface area contributed by atoms with Crippen LogP contribution in [0.2, 0.25) is 0 Å². The molecule has 1 saturated heterocycles. The molecule has 199 valence electrons. The summed E-state index contributed by atoms with van der Waals surface area (Å²) in [7, 11) is 0. The van der Waals surface area contributed by atoms with Crippen LogP contribution in [0.1, 0.15) is 25.2 Å². The Kier molecular flexibility index (Phi) is 12.7. The van der Waals surface area contributed by atoms with Crippen molar-refractivity contribution in [3.63, 3.8) is 0 Å². The van der Waals surface area contributed by atoms with Crippen LogP contribution in [0.5, 0.6) is 0 Å². The Morgan fingerprint density at radius 1 is 1.00 bits per heavy atom. The maximum absolute atomic E-state index is 10.3. The Morgan fingerprint density at radius 2 is 1.55 bits per heavy atom. The normalized spacial score (nSPS) is 15.9. The largest absolute Gasteiger partial charge is 2.00 e. The monoisotopic (exact) mass is 560 g/mol. The van der Waals surface area contributed by atoms with Crippen LogP contribution in [0.15, 0.2) is 95.2 Å². The van der Waals surface area contributed by atoms with Crippen LogP contribution in [-0.2, 0) is 31.3 Å². The fourth-order valence-electron chi connectivity index (χ4n) is 3.37. The van der Waals surface area contributed by atoms with Gasteiger partial charge >= 0.3 is 17.1 Å². The number of aromatic nitrogens is 2. The third-order valence-corrected chi connectivity index (χ3v) is 5.10. The van der Waals surface area contributed by atoms with Crippen LogP contribution in [0.25, 0.3) is 5.57 Å².